The molecule has 1 aromatic heterocycles. The molecule has 4 rings (SSSR count). The maximum Gasteiger partial charge on any atom is 0.404 e. The minimum atomic E-state index is -4.81. The molecule has 1 heterocycles. The van der Waals surface area contributed by atoms with Gasteiger partial charge in [-0.2, -0.15) is 17.2 Å². The molecule has 0 unspecified atom stereocenters. The van der Waals surface area contributed by atoms with Gasteiger partial charge in [0.25, 0.3) is 10.0 Å². The van der Waals surface area contributed by atoms with Gasteiger partial charge in [-0.25, -0.2) is 0 Å². The maximum absolute atomic E-state index is 15.5. The van der Waals surface area contributed by atoms with Crippen LogP contribution in [0.5, 0.6) is 0 Å². The van der Waals surface area contributed by atoms with E-state index in [1.165, 1.54) is 38.1 Å². The van der Waals surface area contributed by atoms with E-state index in [9.17, 15) is 13.0 Å². The largest absolute Gasteiger partial charge is 0.404 e. The Kier molecular flexibility index (Phi) is 10.1. The first-order chi connectivity index (χ1) is 19.8. The summed E-state index contributed by atoms with van der Waals surface area (Å²) in [5.41, 5.74) is -0.558. The van der Waals surface area contributed by atoms with Crippen molar-refractivity contribution in [2.24, 2.45) is 4.40 Å². The van der Waals surface area contributed by atoms with Gasteiger partial charge in [-0.1, -0.05) is 64.5 Å². The SMILES string of the molecule is CCOP(=O)(OCC)C(F)(F)c1ccc(Cn2c(-c3ccccc3)cs/c2=N\S(=O)(=O)c2ccc(C)c(C)c2)cc1Br. The summed E-state index contributed by atoms with van der Waals surface area (Å²) in [6.45, 7) is 6.35. The molecule has 0 bridgehead atoms. The van der Waals surface area contributed by atoms with Crippen molar-refractivity contribution in [3.05, 3.63) is 104 Å². The molecule has 0 radical (unpaired) electrons. The highest BCUT2D eigenvalue weighted by Crippen LogP contribution is 2.67. The lowest BCUT2D eigenvalue weighted by Crippen LogP contribution is -2.20. The average Bonchev–Trinajstić information content (AvgIpc) is 3.31. The van der Waals surface area contributed by atoms with Crippen molar-refractivity contribution in [3.63, 3.8) is 0 Å². The quantitative estimate of drug-likeness (QED) is 0.147. The van der Waals surface area contributed by atoms with Crippen molar-refractivity contribution in [2.75, 3.05) is 13.2 Å². The second-order valence-corrected chi connectivity index (χ2v) is 14.7. The van der Waals surface area contributed by atoms with Gasteiger partial charge in [-0.15, -0.1) is 15.7 Å². The Morgan fingerprint density at radius 3 is 2.24 bits per heavy atom. The van der Waals surface area contributed by atoms with Crippen molar-refractivity contribution < 1.29 is 30.8 Å². The molecule has 0 saturated heterocycles. The summed E-state index contributed by atoms with van der Waals surface area (Å²) < 4.78 is 86.3. The third-order valence-electron chi connectivity index (χ3n) is 6.48. The summed E-state index contributed by atoms with van der Waals surface area (Å²) >= 11 is 4.38. The number of halogens is 3. The van der Waals surface area contributed by atoms with E-state index in [2.05, 4.69) is 20.3 Å². The summed E-state index contributed by atoms with van der Waals surface area (Å²) in [6, 6.07) is 18.3. The van der Waals surface area contributed by atoms with Gasteiger partial charge in [0.15, 0.2) is 0 Å². The molecule has 4 aromatic rings. The van der Waals surface area contributed by atoms with E-state index in [0.29, 0.717) is 11.3 Å². The monoisotopic (exact) mass is 698 g/mol. The van der Waals surface area contributed by atoms with Crippen LogP contribution in [0.1, 0.15) is 36.1 Å². The predicted octanol–water partition coefficient (Wildman–Crippen LogP) is 8.25. The van der Waals surface area contributed by atoms with E-state index < -0.39 is 28.8 Å². The van der Waals surface area contributed by atoms with Crippen LogP contribution in [0.3, 0.4) is 0 Å². The van der Waals surface area contributed by atoms with Crippen molar-refractivity contribution in [1.29, 1.82) is 0 Å². The molecular weight excluding hydrogens is 669 g/mol. The lowest BCUT2D eigenvalue weighted by molar-refractivity contribution is 0.0354. The summed E-state index contributed by atoms with van der Waals surface area (Å²) in [4.78, 5) is 0.295. The number of rotatable bonds is 11. The van der Waals surface area contributed by atoms with Crippen LogP contribution in [0, 0.1) is 13.8 Å². The molecule has 0 spiro atoms. The topological polar surface area (TPSA) is 87.0 Å². The van der Waals surface area contributed by atoms with Crippen LogP contribution >= 0.6 is 34.9 Å². The average molecular weight is 700 g/mol. The zero-order valence-corrected chi connectivity index (χ0v) is 27.5. The van der Waals surface area contributed by atoms with Gasteiger partial charge in [0.1, 0.15) is 0 Å². The number of alkyl halides is 2. The summed E-state index contributed by atoms with van der Waals surface area (Å²) in [6.07, 6.45) is 0. The second kappa shape index (κ2) is 13.0. The molecule has 3 aromatic carbocycles. The lowest BCUT2D eigenvalue weighted by Gasteiger charge is -2.26. The van der Waals surface area contributed by atoms with Crippen LogP contribution in [-0.2, 0) is 35.8 Å². The van der Waals surface area contributed by atoms with E-state index in [0.717, 1.165) is 28.0 Å². The number of hydrogen-bond donors (Lipinski definition) is 0. The maximum atomic E-state index is 15.5. The van der Waals surface area contributed by atoms with Crippen LogP contribution in [0.25, 0.3) is 11.3 Å². The fraction of sp³-hybridized carbons (Fsp3) is 0.276. The first-order valence-electron chi connectivity index (χ1n) is 13.0. The van der Waals surface area contributed by atoms with Gasteiger partial charge >= 0.3 is 13.3 Å². The van der Waals surface area contributed by atoms with E-state index >= 15 is 8.78 Å². The van der Waals surface area contributed by atoms with Crippen LogP contribution < -0.4 is 4.80 Å². The molecule has 0 aliphatic rings. The second-order valence-electron chi connectivity index (χ2n) is 9.36. The normalized spacial score (nSPS) is 13.1. The zero-order valence-electron chi connectivity index (χ0n) is 23.4. The molecular formula is C29H30BrF2N2O5PS2. The van der Waals surface area contributed by atoms with Gasteiger partial charge < -0.3 is 13.6 Å². The molecule has 7 nitrogen and oxygen atoms in total. The third kappa shape index (κ3) is 6.69. The lowest BCUT2D eigenvalue weighted by atomic mass is 10.1. The minimum Gasteiger partial charge on any atom is -0.311 e. The Bertz CT molecular complexity index is 1800. The first kappa shape index (κ1) is 32.4. The fourth-order valence-corrected chi connectivity index (χ4v) is 8.80. The molecule has 13 heteroatoms. The highest BCUT2D eigenvalue weighted by Gasteiger charge is 2.55. The molecule has 224 valence electrons. The zero-order chi connectivity index (χ0) is 30.7. The van der Waals surface area contributed by atoms with E-state index in [4.69, 9.17) is 9.05 Å². The van der Waals surface area contributed by atoms with Gasteiger partial charge in [0.05, 0.1) is 30.3 Å². The highest BCUT2D eigenvalue weighted by molar-refractivity contribution is 9.10. The molecule has 0 fully saturated rings. The number of thiazole rings is 1. The minimum absolute atomic E-state index is 0.00274. The summed E-state index contributed by atoms with van der Waals surface area (Å²) in [7, 11) is -8.86. The number of aromatic nitrogens is 1. The smallest absolute Gasteiger partial charge is 0.311 e. The molecule has 0 aliphatic heterocycles. The van der Waals surface area contributed by atoms with Crippen molar-refractivity contribution in [1.82, 2.24) is 4.57 Å². The Labute approximate surface area is 256 Å². The van der Waals surface area contributed by atoms with Gasteiger partial charge in [-0.05, 0) is 68.1 Å². The summed E-state index contributed by atoms with van der Waals surface area (Å²) in [5, 5.41) is 1.81. The van der Waals surface area contributed by atoms with Gasteiger partial charge in [-0.3, -0.25) is 4.57 Å². The molecule has 0 N–H and O–H groups in total. The Balaban J connectivity index is 1.80. The molecule has 0 aliphatic carbocycles. The van der Waals surface area contributed by atoms with E-state index in [1.54, 1.807) is 16.7 Å². The molecule has 42 heavy (non-hydrogen) atoms. The first-order valence-corrected chi connectivity index (χ1v) is 17.7. The highest BCUT2D eigenvalue weighted by atomic mass is 79.9. The Hall–Kier alpha value is -2.47. The number of aryl methyl sites for hydroxylation is 2. The molecule has 0 saturated carbocycles. The van der Waals surface area contributed by atoms with Crippen LogP contribution in [0.2, 0.25) is 0 Å². The van der Waals surface area contributed by atoms with Crippen molar-refractivity contribution in [3.8, 4) is 11.3 Å². The standard InChI is InChI=1S/C29H30BrF2N2O5PS2/c1-5-38-40(35,39-6-2)29(31,32)25-15-13-22(17-26(25)30)18-34-27(23-10-8-7-9-11-23)19-41-28(34)33-42(36,37)24-14-12-20(3)21(4)16-24/h7-17,19H,5-6,18H2,1-4H3/b33-28-. The number of nitrogens with zero attached hydrogens (tertiary/aromatic N) is 2. The third-order valence-corrected chi connectivity index (χ3v) is 11.5. The molecule has 0 amide bonds. The van der Waals surface area contributed by atoms with E-state index in [-0.39, 0.29) is 33.9 Å². The number of sulfonamides is 1. The number of hydrogen-bond acceptors (Lipinski definition) is 6. The number of benzene rings is 3. The summed E-state index contributed by atoms with van der Waals surface area (Å²) in [5.74, 6) is 0. The Morgan fingerprint density at radius 1 is 0.976 bits per heavy atom. The molecule has 0 atom stereocenters. The van der Waals surface area contributed by atoms with Crippen molar-refractivity contribution in [2.45, 2.75) is 44.8 Å². The fourth-order valence-electron chi connectivity index (χ4n) is 4.20. The van der Waals surface area contributed by atoms with Crippen molar-refractivity contribution >= 4 is 44.9 Å². The predicted molar refractivity (Wildman–Crippen MR) is 164 cm³/mol. The van der Waals surface area contributed by atoms with Crippen LogP contribution in [0.4, 0.5) is 8.78 Å². The van der Waals surface area contributed by atoms with Crippen LogP contribution in [-0.4, -0.2) is 26.2 Å². The van der Waals surface area contributed by atoms with Gasteiger partial charge in [0.2, 0.25) is 4.80 Å². The van der Waals surface area contributed by atoms with Crippen LogP contribution in [0.15, 0.2) is 85.9 Å². The van der Waals surface area contributed by atoms with E-state index in [1.807, 2.05) is 49.6 Å². The van der Waals surface area contributed by atoms with Gasteiger partial charge in [0, 0.05) is 15.4 Å². The Morgan fingerprint density at radius 2 is 1.64 bits per heavy atom.